The van der Waals surface area contributed by atoms with Crippen molar-refractivity contribution in [2.75, 3.05) is 0 Å². The summed E-state index contributed by atoms with van der Waals surface area (Å²) in [6.07, 6.45) is 16.7. The van der Waals surface area contributed by atoms with Gasteiger partial charge in [0.15, 0.2) is 0 Å². The van der Waals surface area contributed by atoms with Gasteiger partial charge in [-0.15, -0.1) is 0 Å². The highest BCUT2D eigenvalue weighted by atomic mass is 14.6. The van der Waals surface area contributed by atoms with Crippen LogP contribution in [0.5, 0.6) is 0 Å². The third-order valence-electron chi connectivity index (χ3n) is 9.49. The van der Waals surface area contributed by atoms with Crippen molar-refractivity contribution in [2.24, 2.45) is 39.9 Å². The van der Waals surface area contributed by atoms with Crippen LogP contribution >= 0.6 is 0 Å². The van der Waals surface area contributed by atoms with Crippen LogP contribution in [0.2, 0.25) is 0 Å². The number of rotatable bonds is 10. The fourth-order valence-electron chi connectivity index (χ4n) is 6.95. The minimum absolute atomic E-state index is 0.495. The summed E-state index contributed by atoms with van der Waals surface area (Å²) in [5.74, 6) is 3.52. The topological polar surface area (TPSA) is 0 Å². The molecule has 0 amide bonds. The molecule has 4 unspecified atom stereocenters. The van der Waals surface area contributed by atoms with Gasteiger partial charge < -0.3 is 0 Å². The van der Waals surface area contributed by atoms with Crippen molar-refractivity contribution in [1.82, 2.24) is 0 Å². The first-order valence-corrected chi connectivity index (χ1v) is 16.4. The van der Waals surface area contributed by atoms with E-state index in [0.29, 0.717) is 16.2 Å². The van der Waals surface area contributed by atoms with Crippen LogP contribution in [0, 0.1) is 39.9 Å². The molecule has 0 heteroatoms. The molecule has 0 spiro atoms. The molecule has 1 rings (SSSR count). The molecule has 4 atom stereocenters. The van der Waals surface area contributed by atoms with Crippen molar-refractivity contribution < 1.29 is 0 Å². The van der Waals surface area contributed by atoms with Crippen LogP contribution in [0.4, 0.5) is 0 Å². The summed E-state index contributed by atoms with van der Waals surface area (Å²) >= 11 is 0. The van der Waals surface area contributed by atoms with E-state index in [1.165, 1.54) is 77.0 Å². The van der Waals surface area contributed by atoms with Crippen molar-refractivity contribution in [2.45, 2.75) is 188 Å². The van der Waals surface area contributed by atoms with Crippen LogP contribution in [0.15, 0.2) is 0 Å². The molecule has 1 fully saturated rings. The Morgan fingerprint density at radius 1 is 0.743 bits per heavy atom. The average molecular weight is 497 g/mol. The van der Waals surface area contributed by atoms with Gasteiger partial charge in [-0.05, 0) is 84.9 Å². The normalized spacial score (nSPS) is 23.7. The van der Waals surface area contributed by atoms with Gasteiger partial charge in [0.1, 0.15) is 0 Å². The van der Waals surface area contributed by atoms with E-state index in [1.807, 2.05) is 27.7 Å². The maximum atomic E-state index is 2.71. The molecular weight excluding hydrogens is 420 g/mol. The van der Waals surface area contributed by atoms with Crippen molar-refractivity contribution in [3.05, 3.63) is 0 Å². The molecule has 0 radical (unpaired) electrons. The molecule has 0 aromatic rings. The van der Waals surface area contributed by atoms with E-state index in [9.17, 15) is 0 Å². The van der Waals surface area contributed by atoms with E-state index < -0.39 is 0 Å². The van der Waals surface area contributed by atoms with Gasteiger partial charge in [0.05, 0.1) is 0 Å². The highest BCUT2D eigenvalue weighted by Crippen LogP contribution is 2.61. The van der Waals surface area contributed by atoms with E-state index in [4.69, 9.17) is 0 Å². The van der Waals surface area contributed by atoms with Crippen LogP contribution in [-0.4, -0.2) is 0 Å². The Kier molecular flexibility index (Phi) is 23.7. The lowest BCUT2D eigenvalue weighted by molar-refractivity contribution is -0.0787. The first-order valence-electron chi connectivity index (χ1n) is 16.4. The second-order valence-corrected chi connectivity index (χ2v) is 12.9. The maximum Gasteiger partial charge on any atom is -0.0218 e. The van der Waals surface area contributed by atoms with Crippen molar-refractivity contribution in [1.29, 1.82) is 0 Å². The molecule has 0 aromatic heterocycles. The highest BCUT2D eigenvalue weighted by molar-refractivity contribution is 5.01. The van der Waals surface area contributed by atoms with Gasteiger partial charge in [0, 0.05) is 0 Å². The number of hydrogen-bond acceptors (Lipinski definition) is 0. The van der Waals surface area contributed by atoms with Gasteiger partial charge in [-0.1, -0.05) is 143 Å². The van der Waals surface area contributed by atoms with E-state index in [0.717, 1.165) is 23.7 Å². The summed E-state index contributed by atoms with van der Waals surface area (Å²) in [7, 11) is 0. The smallest absolute Gasteiger partial charge is 0.0218 e. The zero-order chi connectivity index (χ0) is 28.3. The standard InChI is InChI=1S/C26H52.C5H12.2C2H6/c1-10-14-22(6)23(15-11-2)26(12-3,13-4)25(9)19-18-24(7,8)17-16-21(5)20-25;1-4-5(2)3;2*1-2/h21-23H,10-20H2,1-9H3;5H,4H2,1-3H3;2*1-2H3. The fraction of sp³-hybridized carbons (Fsp3) is 1.00. The van der Waals surface area contributed by atoms with Crippen molar-refractivity contribution in [3.63, 3.8) is 0 Å². The SMILES string of the molecule is CC.CC.CCC(C)C.CCCC(C)C(CCC)C(CC)(CC)C1(C)CCC(C)(C)CCC(C)C1. The lowest BCUT2D eigenvalue weighted by atomic mass is 9.47. The molecule has 0 bridgehead atoms. The van der Waals surface area contributed by atoms with Crippen LogP contribution < -0.4 is 0 Å². The molecular formula is C35H76. The Balaban J connectivity index is -0.000000987. The summed E-state index contributed by atoms with van der Waals surface area (Å²) in [6.45, 7) is 37.3. The predicted octanol–water partition coefficient (Wildman–Crippen LogP) is 13.4. The second kappa shape index (κ2) is 21.0. The highest BCUT2D eigenvalue weighted by Gasteiger charge is 2.52. The zero-order valence-corrected chi connectivity index (χ0v) is 28.3. The molecule has 1 saturated carbocycles. The monoisotopic (exact) mass is 497 g/mol. The number of hydrogen-bond donors (Lipinski definition) is 0. The van der Waals surface area contributed by atoms with Crippen LogP contribution in [0.3, 0.4) is 0 Å². The third kappa shape index (κ3) is 13.4. The molecule has 0 nitrogen and oxygen atoms in total. The minimum Gasteiger partial charge on any atom is -0.0683 e. The Hall–Kier alpha value is 0. The Bertz CT molecular complexity index is 441. The quantitative estimate of drug-likeness (QED) is 0.282. The molecule has 0 saturated heterocycles. The first-order chi connectivity index (χ1) is 16.4. The van der Waals surface area contributed by atoms with Gasteiger partial charge in [0.2, 0.25) is 0 Å². The van der Waals surface area contributed by atoms with Crippen molar-refractivity contribution in [3.8, 4) is 0 Å². The van der Waals surface area contributed by atoms with Gasteiger partial charge in [-0.2, -0.15) is 0 Å². The molecule has 1 aliphatic rings. The van der Waals surface area contributed by atoms with Crippen molar-refractivity contribution >= 4 is 0 Å². The fourth-order valence-corrected chi connectivity index (χ4v) is 6.95. The largest absolute Gasteiger partial charge is 0.0683 e. The predicted molar refractivity (Wildman–Crippen MR) is 167 cm³/mol. The third-order valence-corrected chi connectivity index (χ3v) is 9.49. The molecule has 0 N–H and O–H groups in total. The molecule has 35 heavy (non-hydrogen) atoms. The first kappa shape index (κ1) is 39.5. The maximum absolute atomic E-state index is 2.71. The van der Waals surface area contributed by atoms with Gasteiger partial charge in [-0.25, -0.2) is 0 Å². The molecule has 1 aliphatic carbocycles. The van der Waals surface area contributed by atoms with E-state index in [-0.39, 0.29) is 0 Å². The second-order valence-electron chi connectivity index (χ2n) is 12.9. The van der Waals surface area contributed by atoms with Crippen LogP contribution in [0.25, 0.3) is 0 Å². The van der Waals surface area contributed by atoms with E-state index in [1.54, 1.807) is 0 Å². The van der Waals surface area contributed by atoms with Gasteiger partial charge in [-0.3, -0.25) is 0 Å². The molecule has 0 aromatic carbocycles. The summed E-state index contributed by atoms with van der Waals surface area (Å²) in [5, 5.41) is 0. The van der Waals surface area contributed by atoms with Gasteiger partial charge in [0.25, 0.3) is 0 Å². The average Bonchev–Trinajstić information content (AvgIpc) is 2.84. The Morgan fingerprint density at radius 2 is 1.20 bits per heavy atom. The summed E-state index contributed by atoms with van der Waals surface area (Å²) < 4.78 is 0. The minimum atomic E-state index is 0.495. The van der Waals surface area contributed by atoms with E-state index in [2.05, 4.69) is 83.1 Å². The lowest BCUT2D eigenvalue weighted by Crippen LogP contribution is -2.49. The molecule has 0 heterocycles. The molecule has 0 aliphatic heterocycles. The Labute approximate surface area is 227 Å². The lowest BCUT2D eigenvalue weighted by Gasteiger charge is -2.57. The van der Waals surface area contributed by atoms with Gasteiger partial charge >= 0.3 is 0 Å². The summed E-state index contributed by atoms with van der Waals surface area (Å²) in [6, 6.07) is 0. The van der Waals surface area contributed by atoms with Crippen LogP contribution in [0.1, 0.15) is 188 Å². The van der Waals surface area contributed by atoms with E-state index >= 15 is 0 Å². The Morgan fingerprint density at radius 3 is 1.57 bits per heavy atom. The zero-order valence-electron chi connectivity index (χ0n) is 28.3. The summed E-state index contributed by atoms with van der Waals surface area (Å²) in [5.41, 5.74) is 1.53. The molecule has 216 valence electrons. The van der Waals surface area contributed by atoms with Crippen LogP contribution in [-0.2, 0) is 0 Å². The summed E-state index contributed by atoms with van der Waals surface area (Å²) in [4.78, 5) is 0.